The molecule has 0 aromatic carbocycles. The molecule has 2 rings (SSSR count). The van der Waals surface area contributed by atoms with Crippen molar-refractivity contribution in [2.75, 3.05) is 13.1 Å². The molecule has 11 heteroatoms. The standard InChI is InChI=1S/2C18H36O2.C7H11NO2.C6H10N2O2/c2*1-2-3-4-5-6-7-8-9-10-11-12-13-14-15-16-17-18(19)20;1-5-4-6(7(9)10)2-3-8-5;1-4-7-3-2-5(8-4)6(9)10/h2*2-17H2,1H3,(H,19,20);6H,2-4H2,1H3,(H,9,10);5H,2-3H2,1H3,(H,7,8)(H,9,10). The van der Waals surface area contributed by atoms with Gasteiger partial charge in [0.1, 0.15) is 0 Å². The van der Waals surface area contributed by atoms with Gasteiger partial charge in [-0.05, 0) is 39.0 Å². The first kappa shape index (κ1) is 59.3. The van der Waals surface area contributed by atoms with Gasteiger partial charge >= 0.3 is 17.9 Å². The molecule has 2 aliphatic rings. The number of hydrogen-bond acceptors (Lipinski definition) is 7. The van der Waals surface area contributed by atoms with Crippen molar-refractivity contribution in [1.29, 1.82) is 0 Å². The minimum Gasteiger partial charge on any atom is -0.550 e. The van der Waals surface area contributed by atoms with Crippen LogP contribution in [0.1, 0.15) is 252 Å². The molecule has 0 fully saturated rings. The predicted octanol–water partition coefficient (Wildman–Crippen LogP) is 11.1. The average Bonchev–Trinajstić information content (AvgIpc) is 3.21. The second kappa shape index (κ2) is 45.7. The fraction of sp³-hybridized carbons (Fsp3) is 0.878. The zero-order valence-corrected chi connectivity index (χ0v) is 39.2. The number of aliphatic carboxylic acids is 4. The van der Waals surface area contributed by atoms with E-state index in [0.29, 0.717) is 38.8 Å². The van der Waals surface area contributed by atoms with Crippen LogP contribution in [0.3, 0.4) is 0 Å². The number of amidine groups is 1. The van der Waals surface area contributed by atoms with Crippen molar-refractivity contribution in [1.82, 2.24) is 0 Å². The van der Waals surface area contributed by atoms with Gasteiger partial charge in [0.25, 0.3) is 0 Å². The first-order valence-corrected chi connectivity index (χ1v) is 24.7. The van der Waals surface area contributed by atoms with Gasteiger partial charge in [-0.1, -0.05) is 194 Å². The Morgan fingerprint density at radius 2 is 0.867 bits per heavy atom. The maximum Gasteiger partial charge on any atom is 0.362 e. The van der Waals surface area contributed by atoms with Crippen LogP contribution in [0.25, 0.3) is 0 Å². The van der Waals surface area contributed by atoms with E-state index in [2.05, 4.69) is 23.8 Å². The quantitative estimate of drug-likeness (QED) is 0.0459. The van der Waals surface area contributed by atoms with E-state index >= 15 is 0 Å². The SMILES string of the molecule is CC1=NCCC(C(=O)O)C1.CC1=NCCC(C(=O)O)[NH2+]1.CCCCCCCCCCCCCCCCCC(=O)O.CCCCCCCCCCCCCCCCCC(=O)[O-]. The summed E-state index contributed by atoms with van der Waals surface area (Å²) in [5, 5.41) is 37.6. The molecule has 0 amide bonds. The monoisotopic (exact) mass is 852 g/mol. The van der Waals surface area contributed by atoms with Gasteiger partial charge in [-0.15, -0.1) is 0 Å². The van der Waals surface area contributed by atoms with E-state index in [0.717, 1.165) is 37.2 Å². The Kier molecular flexibility index (Phi) is 45.1. The van der Waals surface area contributed by atoms with Crippen LogP contribution in [0.4, 0.5) is 0 Å². The maximum atomic E-state index is 10.4. The van der Waals surface area contributed by atoms with Crippen LogP contribution in [0, 0.1) is 5.92 Å². The summed E-state index contributed by atoms with van der Waals surface area (Å²) >= 11 is 0. The molecular weight excluding hydrogens is 759 g/mol. The molecule has 0 spiro atoms. The topological polar surface area (TPSA) is 193 Å². The minimum atomic E-state index is -0.903. The van der Waals surface area contributed by atoms with Crippen molar-refractivity contribution < 1.29 is 44.9 Å². The molecule has 0 aromatic rings. The predicted molar refractivity (Wildman–Crippen MR) is 246 cm³/mol. The van der Waals surface area contributed by atoms with Crippen LogP contribution in [-0.4, -0.2) is 69.9 Å². The molecule has 352 valence electrons. The highest BCUT2D eigenvalue weighted by atomic mass is 16.4. The molecule has 2 heterocycles. The number of hydrogen-bond donors (Lipinski definition) is 4. The first-order valence-electron chi connectivity index (χ1n) is 24.7. The van der Waals surface area contributed by atoms with E-state index in [1.165, 1.54) is 167 Å². The highest BCUT2D eigenvalue weighted by Gasteiger charge is 2.24. The number of carboxylic acid groups (broad SMARTS) is 4. The fourth-order valence-electron chi connectivity index (χ4n) is 7.44. The molecule has 0 bridgehead atoms. The molecule has 60 heavy (non-hydrogen) atoms. The van der Waals surface area contributed by atoms with Crippen LogP contribution in [0.15, 0.2) is 9.98 Å². The number of unbranched alkanes of at least 4 members (excludes halogenated alkanes) is 28. The number of carbonyl (C=O) groups excluding carboxylic acids is 1. The van der Waals surface area contributed by atoms with E-state index in [4.69, 9.17) is 15.3 Å². The van der Waals surface area contributed by atoms with Gasteiger partial charge in [0.05, 0.1) is 12.5 Å². The van der Waals surface area contributed by atoms with Crippen LogP contribution in [0.2, 0.25) is 0 Å². The van der Waals surface area contributed by atoms with Crippen molar-refractivity contribution in [3.05, 3.63) is 0 Å². The zero-order chi connectivity index (χ0) is 44.9. The number of carbonyl (C=O) groups is 4. The van der Waals surface area contributed by atoms with Crippen molar-refractivity contribution in [2.45, 2.75) is 258 Å². The number of quaternary nitrogens is 1. The van der Waals surface area contributed by atoms with E-state index in [1.54, 1.807) is 5.32 Å². The molecule has 0 aromatic heterocycles. The maximum absolute atomic E-state index is 10.4. The lowest BCUT2D eigenvalue weighted by Crippen LogP contribution is -2.95. The second-order valence-electron chi connectivity index (χ2n) is 17.2. The van der Waals surface area contributed by atoms with Crippen molar-refractivity contribution >= 4 is 35.4 Å². The molecular formula is C49H93N3O8. The van der Waals surface area contributed by atoms with Crippen molar-refractivity contribution in [3.8, 4) is 0 Å². The highest BCUT2D eigenvalue weighted by Crippen LogP contribution is 2.16. The average molecular weight is 852 g/mol. The lowest BCUT2D eigenvalue weighted by molar-refractivity contribution is -0.573. The fourth-order valence-corrected chi connectivity index (χ4v) is 7.44. The Labute approximate surface area is 366 Å². The smallest absolute Gasteiger partial charge is 0.362 e. The third-order valence-corrected chi connectivity index (χ3v) is 11.3. The molecule has 0 saturated heterocycles. The van der Waals surface area contributed by atoms with Gasteiger partial charge in [0.15, 0.2) is 11.9 Å². The van der Waals surface area contributed by atoms with Gasteiger partial charge < -0.3 is 25.2 Å². The van der Waals surface area contributed by atoms with Crippen molar-refractivity contribution in [2.24, 2.45) is 15.9 Å². The third-order valence-electron chi connectivity index (χ3n) is 11.3. The summed E-state index contributed by atoms with van der Waals surface area (Å²) in [6.45, 7) is 9.59. The van der Waals surface area contributed by atoms with Gasteiger partial charge in [-0.25, -0.2) is 9.79 Å². The van der Waals surface area contributed by atoms with E-state index in [9.17, 15) is 24.3 Å². The summed E-state index contributed by atoms with van der Waals surface area (Å²) in [5.74, 6) is -2.32. The normalized spacial score (nSPS) is 15.8. The van der Waals surface area contributed by atoms with Crippen LogP contribution < -0.4 is 10.4 Å². The lowest BCUT2D eigenvalue weighted by atomic mass is 9.97. The molecule has 11 nitrogen and oxygen atoms in total. The first-order chi connectivity index (χ1) is 28.9. The number of rotatable bonds is 34. The summed E-state index contributed by atoms with van der Waals surface area (Å²) in [6, 6.07) is -0.308. The summed E-state index contributed by atoms with van der Waals surface area (Å²) in [5.41, 5.74) is 0.971. The number of aliphatic imine (C=N–C) groups is 2. The Morgan fingerprint density at radius 3 is 1.13 bits per heavy atom. The molecule has 0 saturated carbocycles. The largest absolute Gasteiger partial charge is 0.550 e. The lowest BCUT2D eigenvalue weighted by Gasteiger charge is -2.15. The van der Waals surface area contributed by atoms with E-state index in [-0.39, 0.29) is 18.4 Å². The Hall–Kier alpha value is -2.82. The summed E-state index contributed by atoms with van der Waals surface area (Å²) in [6.07, 6.45) is 42.0. The number of nitrogens with two attached hydrogens (primary N) is 1. The zero-order valence-electron chi connectivity index (χ0n) is 39.2. The molecule has 0 radical (unpaired) electrons. The van der Waals surface area contributed by atoms with Crippen LogP contribution in [-0.2, 0) is 19.2 Å². The van der Waals surface area contributed by atoms with Gasteiger partial charge in [0.2, 0.25) is 0 Å². The molecule has 2 unspecified atom stereocenters. The van der Waals surface area contributed by atoms with E-state index in [1.807, 2.05) is 13.8 Å². The third kappa shape index (κ3) is 46.2. The Bertz CT molecular complexity index is 1010. The van der Waals surface area contributed by atoms with Crippen LogP contribution in [0.5, 0.6) is 0 Å². The Morgan fingerprint density at radius 1 is 0.517 bits per heavy atom. The van der Waals surface area contributed by atoms with Gasteiger partial charge in [-0.3, -0.25) is 19.9 Å². The molecule has 2 aliphatic heterocycles. The molecule has 0 aliphatic carbocycles. The molecule has 5 N–H and O–H groups in total. The van der Waals surface area contributed by atoms with Crippen LogP contribution >= 0.6 is 0 Å². The summed E-state index contributed by atoms with van der Waals surface area (Å²) in [7, 11) is 0. The van der Waals surface area contributed by atoms with Gasteiger partial charge in [-0.2, -0.15) is 0 Å². The van der Waals surface area contributed by atoms with E-state index < -0.39 is 23.9 Å². The highest BCUT2D eigenvalue weighted by molar-refractivity contribution is 5.87. The summed E-state index contributed by atoms with van der Waals surface area (Å²) < 4.78 is 0. The second-order valence-corrected chi connectivity index (χ2v) is 17.2. The summed E-state index contributed by atoms with van der Waals surface area (Å²) in [4.78, 5) is 49.6. The van der Waals surface area contributed by atoms with Gasteiger partial charge in [0, 0.05) is 38.0 Å². The number of carboxylic acids is 4. The Balaban J connectivity index is 0. The minimum absolute atomic E-state index is 0.183. The number of nitrogens with zero attached hydrogens (tertiary/aromatic N) is 2. The van der Waals surface area contributed by atoms with Crippen molar-refractivity contribution in [3.63, 3.8) is 0 Å². The molecule has 2 atom stereocenters.